The van der Waals surface area contributed by atoms with Crippen LogP contribution in [0.4, 0.5) is 0 Å². The summed E-state index contributed by atoms with van der Waals surface area (Å²) in [5, 5.41) is 0. The Morgan fingerprint density at radius 3 is 1.14 bits per heavy atom. The van der Waals surface area contributed by atoms with Gasteiger partial charge >= 0.3 is 0 Å². The van der Waals surface area contributed by atoms with Gasteiger partial charge in [-0.3, -0.25) is 0 Å². The molecule has 0 fully saturated rings. The number of nitrogens with two attached hydrogens (primary N) is 4. The highest BCUT2D eigenvalue weighted by Crippen LogP contribution is 1.76. The van der Waals surface area contributed by atoms with Crippen molar-refractivity contribution in [3.63, 3.8) is 0 Å². The predicted molar refractivity (Wildman–Crippen MR) is 28.9 cm³/mol. The van der Waals surface area contributed by atoms with E-state index in [1.54, 1.807) is 0 Å². The first-order valence-corrected chi connectivity index (χ1v) is 2.15. The standard InChI is InChI=1S/C3H12N4/c4-2(5)1-3(6)7/h2-3H,1,4-7H2. The third-order valence-corrected chi connectivity index (χ3v) is 0.544. The summed E-state index contributed by atoms with van der Waals surface area (Å²) in [6, 6.07) is 0. The number of hydrogen-bond acceptors (Lipinski definition) is 4. The van der Waals surface area contributed by atoms with E-state index in [4.69, 9.17) is 22.9 Å². The van der Waals surface area contributed by atoms with Gasteiger partial charge in [0.05, 0.1) is 12.3 Å². The summed E-state index contributed by atoms with van der Waals surface area (Å²) < 4.78 is 0. The molecule has 0 aromatic heterocycles. The zero-order valence-electron chi connectivity index (χ0n) is 4.17. The molecule has 4 heteroatoms. The SMILES string of the molecule is NC(N)CC(N)N. The van der Waals surface area contributed by atoms with Crippen LogP contribution in [0.3, 0.4) is 0 Å². The van der Waals surface area contributed by atoms with Gasteiger partial charge in [0, 0.05) is 6.42 Å². The van der Waals surface area contributed by atoms with Crippen molar-refractivity contribution >= 4 is 0 Å². The third kappa shape index (κ3) is 5.84. The second-order valence-corrected chi connectivity index (χ2v) is 1.56. The molecule has 7 heavy (non-hydrogen) atoms. The maximum absolute atomic E-state index is 5.11. The minimum atomic E-state index is -0.375. The molecule has 44 valence electrons. The summed E-state index contributed by atoms with van der Waals surface area (Å²) in [5.41, 5.74) is 20.4. The maximum Gasteiger partial charge on any atom is 0.0548 e. The lowest BCUT2D eigenvalue weighted by molar-refractivity contribution is 0.546. The predicted octanol–water partition coefficient (Wildman–Crippen LogP) is -2.14. The van der Waals surface area contributed by atoms with Gasteiger partial charge in [0.2, 0.25) is 0 Å². The van der Waals surface area contributed by atoms with Crippen molar-refractivity contribution in [2.24, 2.45) is 22.9 Å². The number of hydrogen-bond donors (Lipinski definition) is 4. The van der Waals surface area contributed by atoms with Crippen molar-refractivity contribution in [3.05, 3.63) is 0 Å². The molecule has 0 saturated heterocycles. The van der Waals surface area contributed by atoms with Crippen LogP contribution in [-0.2, 0) is 0 Å². The van der Waals surface area contributed by atoms with Gasteiger partial charge in [-0.05, 0) is 0 Å². The second kappa shape index (κ2) is 2.92. The molecule has 0 atom stereocenters. The van der Waals surface area contributed by atoms with Crippen molar-refractivity contribution in [1.29, 1.82) is 0 Å². The maximum atomic E-state index is 5.11. The van der Waals surface area contributed by atoms with Crippen molar-refractivity contribution in [2.75, 3.05) is 0 Å². The van der Waals surface area contributed by atoms with E-state index in [0.29, 0.717) is 6.42 Å². The van der Waals surface area contributed by atoms with Crippen LogP contribution in [0, 0.1) is 0 Å². The summed E-state index contributed by atoms with van der Waals surface area (Å²) in [7, 11) is 0. The molecule has 0 aromatic carbocycles. The highest BCUT2D eigenvalue weighted by molar-refractivity contribution is 4.57. The van der Waals surface area contributed by atoms with E-state index in [0.717, 1.165) is 0 Å². The average molecular weight is 104 g/mol. The van der Waals surface area contributed by atoms with E-state index < -0.39 is 0 Å². The summed E-state index contributed by atoms with van der Waals surface area (Å²) in [6.45, 7) is 0. The van der Waals surface area contributed by atoms with Crippen LogP contribution in [-0.4, -0.2) is 12.3 Å². The van der Waals surface area contributed by atoms with Crippen LogP contribution in [0.2, 0.25) is 0 Å². The lowest BCUT2D eigenvalue weighted by atomic mass is 10.3. The summed E-state index contributed by atoms with van der Waals surface area (Å²) in [6.07, 6.45) is -0.278. The van der Waals surface area contributed by atoms with Gasteiger partial charge in [-0.25, -0.2) is 0 Å². The van der Waals surface area contributed by atoms with Crippen LogP contribution in [0.1, 0.15) is 6.42 Å². The molecule has 0 spiro atoms. The molecule has 0 saturated carbocycles. The summed E-state index contributed by atoms with van der Waals surface area (Å²) in [5.74, 6) is 0. The van der Waals surface area contributed by atoms with E-state index >= 15 is 0 Å². The topological polar surface area (TPSA) is 104 Å². The van der Waals surface area contributed by atoms with Gasteiger partial charge in [0.1, 0.15) is 0 Å². The monoisotopic (exact) mass is 104 g/mol. The van der Waals surface area contributed by atoms with E-state index in [2.05, 4.69) is 0 Å². The van der Waals surface area contributed by atoms with Gasteiger partial charge in [-0.15, -0.1) is 0 Å². The fourth-order valence-electron chi connectivity index (χ4n) is 0.314. The molecule has 0 amide bonds. The second-order valence-electron chi connectivity index (χ2n) is 1.56. The van der Waals surface area contributed by atoms with Gasteiger partial charge < -0.3 is 22.9 Å². The van der Waals surface area contributed by atoms with Crippen LogP contribution < -0.4 is 22.9 Å². The molecule has 8 N–H and O–H groups in total. The van der Waals surface area contributed by atoms with Gasteiger partial charge in [-0.1, -0.05) is 0 Å². The first-order chi connectivity index (χ1) is 3.13. The van der Waals surface area contributed by atoms with Crippen molar-refractivity contribution in [1.82, 2.24) is 0 Å². The van der Waals surface area contributed by atoms with E-state index in [1.807, 2.05) is 0 Å². The molecule has 0 aliphatic carbocycles. The van der Waals surface area contributed by atoms with Gasteiger partial charge in [0.25, 0.3) is 0 Å². The van der Waals surface area contributed by atoms with E-state index in [-0.39, 0.29) is 12.3 Å². The quantitative estimate of drug-likeness (QED) is 0.300. The smallest absolute Gasteiger partial charge is 0.0548 e. The highest BCUT2D eigenvalue weighted by Gasteiger charge is 1.96. The average Bonchev–Trinajstić information content (AvgIpc) is 1.27. The minimum absolute atomic E-state index is 0.375. The Labute approximate surface area is 42.8 Å². The van der Waals surface area contributed by atoms with E-state index in [9.17, 15) is 0 Å². The fourth-order valence-corrected chi connectivity index (χ4v) is 0.314. The number of rotatable bonds is 2. The lowest BCUT2D eigenvalue weighted by Gasteiger charge is -2.06. The molecule has 4 nitrogen and oxygen atoms in total. The Morgan fingerprint density at radius 2 is 1.14 bits per heavy atom. The van der Waals surface area contributed by atoms with Gasteiger partial charge in [0.15, 0.2) is 0 Å². The first-order valence-electron chi connectivity index (χ1n) is 2.15. The zero-order valence-corrected chi connectivity index (χ0v) is 4.17. The van der Waals surface area contributed by atoms with Crippen molar-refractivity contribution < 1.29 is 0 Å². The summed E-state index contributed by atoms with van der Waals surface area (Å²) >= 11 is 0. The largest absolute Gasteiger partial charge is 0.316 e. The Hall–Kier alpha value is -0.160. The first kappa shape index (κ1) is 6.84. The zero-order chi connectivity index (χ0) is 5.86. The Balaban J connectivity index is 2.95. The molecule has 0 unspecified atom stereocenters. The van der Waals surface area contributed by atoms with Crippen LogP contribution in [0.25, 0.3) is 0 Å². The van der Waals surface area contributed by atoms with Crippen molar-refractivity contribution in [3.8, 4) is 0 Å². The molecular weight excluding hydrogens is 92.1 g/mol. The minimum Gasteiger partial charge on any atom is -0.316 e. The van der Waals surface area contributed by atoms with Crippen LogP contribution in [0.15, 0.2) is 0 Å². The fraction of sp³-hybridized carbons (Fsp3) is 1.00. The highest BCUT2D eigenvalue weighted by atomic mass is 14.9. The van der Waals surface area contributed by atoms with E-state index in [1.165, 1.54) is 0 Å². The lowest BCUT2D eigenvalue weighted by Crippen LogP contribution is -2.42. The molecule has 0 heterocycles. The Kier molecular flexibility index (Phi) is 2.86. The molecule has 0 rings (SSSR count). The molecule has 0 bridgehead atoms. The molecule has 0 aliphatic rings. The third-order valence-electron chi connectivity index (χ3n) is 0.544. The van der Waals surface area contributed by atoms with Gasteiger partial charge in [-0.2, -0.15) is 0 Å². The molecule has 0 aromatic rings. The van der Waals surface area contributed by atoms with Crippen molar-refractivity contribution in [2.45, 2.75) is 18.8 Å². The normalized spacial score (nSPS) is 11.1. The Morgan fingerprint density at radius 1 is 0.857 bits per heavy atom. The molecule has 0 radical (unpaired) electrons. The summed E-state index contributed by atoms with van der Waals surface area (Å²) in [4.78, 5) is 0. The molecule has 0 aliphatic heterocycles. The Bertz CT molecular complexity index is 36.2. The van der Waals surface area contributed by atoms with Crippen LogP contribution >= 0.6 is 0 Å². The van der Waals surface area contributed by atoms with Crippen LogP contribution in [0.5, 0.6) is 0 Å². The molecular formula is C3H12N4.